The molecule has 1 N–H and O–H groups in total. The molecule has 7 heteroatoms. The molecular weight excluding hydrogens is 348 g/mol. The summed E-state index contributed by atoms with van der Waals surface area (Å²) >= 11 is 0. The summed E-state index contributed by atoms with van der Waals surface area (Å²) in [5, 5.41) is 3.49. The van der Waals surface area contributed by atoms with Gasteiger partial charge in [0.25, 0.3) is 11.8 Å². The molecule has 1 fully saturated rings. The Hall–Kier alpha value is -1.92. The molecule has 0 saturated carbocycles. The number of hydrogen-bond acceptors (Lipinski definition) is 5. The SMILES string of the molecule is C.CC(C)(C)C(=O)ON1C(=O)CCC1=O.CC(C)(C)CNC(=O)C(C)(C)C. The van der Waals surface area contributed by atoms with Crippen LogP contribution in [0.4, 0.5) is 0 Å². The predicted molar refractivity (Wildman–Crippen MR) is 105 cm³/mol. The minimum Gasteiger partial charge on any atom is -0.355 e. The molecule has 0 spiro atoms. The number of imide groups is 1. The van der Waals surface area contributed by atoms with Crippen molar-refractivity contribution in [2.24, 2.45) is 16.2 Å². The van der Waals surface area contributed by atoms with Gasteiger partial charge in [0.2, 0.25) is 5.91 Å². The third-order valence-electron chi connectivity index (χ3n) is 3.25. The monoisotopic (exact) mass is 386 g/mol. The fraction of sp³-hybridized carbons (Fsp3) is 0.800. The maximum atomic E-state index is 11.4. The van der Waals surface area contributed by atoms with E-state index in [9.17, 15) is 19.2 Å². The molecule has 0 radical (unpaired) electrons. The second-order valence-corrected chi connectivity index (χ2v) is 9.70. The number of nitrogens with zero attached hydrogens (tertiary/aromatic N) is 1. The van der Waals surface area contributed by atoms with Crippen molar-refractivity contribution in [2.45, 2.75) is 82.6 Å². The zero-order valence-electron chi connectivity index (χ0n) is 17.6. The highest BCUT2D eigenvalue weighted by atomic mass is 16.7. The van der Waals surface area contributed by atoms with Gasteiger partial charge in [0.05, 0.1) is 5.41 Å². The molecule has 0 aromatic carbocycles. The second-order valence-electron chi connectivity index (χ2n) is 9.70. The van der Waals surface area contributed by atoms with Gasteiger partial charge in [-0.25, -0.2) is 4.79 Å². The highest BCUT2D eigenvalue weighted by molar-refractivity contribution is 6.01. The Bertz CT molecular complexity index is 532. The summed E-state index contributed by atoms with van der Waals surface area (Å²) in [5.74, 6) is -1.36. The molecule has 3 amide bonds. The summed E-state index contributed by atoms with van der Waals surface area (Å²) in [6.07, 6.45) is 0.243. The van der Waals surface area contributed by atoms with Crippen LogP contribution >= 0.6 is 0 Å². The fourth-order valence-corrected chi connectivity index (χ4v) is 1.49. The Morgan fingerprint density at radius 1 is 0.889 bits per heavy atom. The Morgan fingerprint density at radius 3 is 1.59 bits per heavy atom. The lowest BCUT2D eigenvalue weighted by atomic mass is 9.93. The minimum absolute atomic E-state index is 0. The normalized spacial score (nSPS) is 14.8. The molecule has 1 saturated heterocycles. The van der Waals surface area contributed by atoms with Crippen LogP contribution in [0.15, 0.2) is 0 Å². The van der Waals surface area contributed by atoms with Gasteiger partial charge in [0.1, 0.15) is 0 Å². The zero-order chi connectivity index (χ0) is 20.9. The summed E-state index contributed by atoms with van der Waals surface area (Å²) in [7, 11) is 0. The van der Waals surface area contributed by atoms with Gasteiger partial charge in [-0.2, -0.15) is 0 Å². The minimum atomic E-state index is -0.719. The lowest BCUT2D eigenvalue weighted by Crippen LogP contribution is -2.39. The largest absolute Gasteiger partial charge is 0.355 e. The Labute approximate surface area is 164 Å². The van der Waals surface area contributed by atoms with E-state index in [1.807, 2.05) is 20.8 Å². The molecule has 1 aliphatic heterocycles. The third kappa shape index (κ3) is 10.7. The van der Waals surface area contributed by atoms with Crippen LogP contribution in [-0.4, -0.2) is 35.3 Å². The summed E-state index contributed by atoms with van der Waals surface area (Å²) in [5.41, 5.74) is -0.824. The summed E-state index contributed by atoms with van der Waals surface area (Å²) in [6.45, 7) is 17.8. The molecule has 1 heterocycles. The highest BCUT2D eigenvalue weighted by Gasteiger charge is 2.35. The number of carbonyl (C=O) groups excluding carboxylic acids is 4. The van der Waals surface area contributed by atoms with Crippen LogP contribution in [0.3, 0.4) is 0 Å². The topological polar surface area (TPSA) is 92.8 Å². The van der Waals surface area contributed by atoms with E-state index in [-0.39, 0.29) is 37.0 Å². The van der Waals surface area contributed by atoms with E-state index in [4.69, 9.17) is 4.84 Å². The van der Waals surface area contributed by atoms with E-state index in [1.165, 1.54) is 0 Å². The third-order valence-corrected chi connectivity index (χ3v) is 3.25. The molecule has 1 aliphatic rings. The van der Waals surface area contributed by atoms with E-state index in [0.717, 1.165) is 6.54 Å². The fourth-order valence-electron chi connectivity index (χ4n) is 1.49. The van der Waals surface area contributed by atoms with Crippen LogP contribution in [0.1, 0.15) is 82.6 Å². The summed E-state index contributed by atoms with van der Waals surface area (Å²) in [6, 6.07) is 0. The molecule has 0 atom stereocenters. The highest BCUT2D eigenvalue weighted by Crippen LogP contribution is 2.19. The van der Waals surface area contributed by atoms with E-state index >= 15 is 0 Å². The molecule has 0 aromatic heterocycles. The Morgan fingerprint density at radius 2 is 1.30 bits per heavy atom. The van der Waals surface area contributed by atoms with Gasteiger partial charge in [-0.3, -0.25) is 14.4 Å². The molecule has 0 unspecified atom stereocenters. The average molecular weight is 387 g/mol. The van der Waals surface area contributed by atoms with E-state index in [2.05, 4.69) is 26.1 Å². The first kappa shape index (κ1) is 27.3. The van der Waals surface area contributed by atoms with Crippen LogP contribution in [0.25, 0.3) is 0 Å². The average Bonchev–Trinajstić information content (AvgIpc) is 2.74. The van der Waals surface area contributed by atoms with Crippen LogP contribution in [0.5, 0.6) is 0 Å². The van der Waals surface area contributed by atoms with Gasteiger partial charge in [-0.05, 0) is 26.2 Å². The molecule has 0 aromatic rings. The van der Waals surface area contributed by atoms with Crippen molar-refractivity contribution in [3.8, 4) is 0 Å². The Balaban J connectivity index is 0. The number of carbonyl (C=O) groups is 4. The molecule has 27 heavy (non-hydrogen) atoms. The first-order valence-corrected chi connectivity index (χ1v) is 8.81. The van der Waals surface area contributed by atoms with Crippen molar-refractivity contribution < 1.29 is 24.0 Å². The van der Waals surface area contributed by atoms with Crippen LogP contribution < -0.4 is 5.32 Å². The maximum absolute atomic E-state index is 11.4. The van der Waals surface area contributed by atoms with Gasteiger partial charge < -0.3 is 10.2 Å². The molecular formula is C20H38N2O5. The van der Waals surface area contributed by atoms with Crippen molar-refractivity contribution in [3.05, 3.63) is 0 Å². The van der Waals surface area contributed by atoms with Crippen LogP contribution in [0, 0.1) is 16.2 Å². The molecule has 158 valence electrons. The first-order chi connectivity index (χ1) is 11.4. The van der Waals surface area contributed by atoms with Crippen molar-refractivity contribution >= 4 is 23.7 Å². The van der Waals surface area contributed by atoms with Crippen molar-refractivity contribution in [2.75, 3.05) is 6.54 Å². The predicted octanol–water partition coefficient (Wildman–Crippen LogP) is 3.47. The quantitative estimate of drug-likeness (QED) is 0.734. The lowest BCUT2D eigenvalue weighted by Gasteiger charge is -2.23. The number of amides is 3. The standard InChI is InChI=1S/C10H21NO.C9H13NO4.CH4/c1-9(2,3)7-11-8(12)10(4,5)6;1-9(2,3)8(13)14-10-6(11)4-5-7(10)12;/h7H2,1-6H3,(H,11,12);4-5H2,1-3H3;1H4. The van der Waals surface area contributed by atoms with Gasteiger partial charge in [0.15, 0.2) is 0 Å². The van der Waals surface area contributed by atoms with E-state index < -0.39 is 23.2 Å². The van der Waals surface area contributed by atoms with Crippen molar-refractivity contribution in [1.82, 2.24) is 10.4 Å². The lowest BCUT2D eigenvalue weighted by molar-refractivity contribution is -0.203. The van der Waals surface area contributed by atoms with Gasteiger partial charge in [0, 0.05) is 24.8 Å². The van der Waals surface area contributed by atoms with E-state index in [0.29, 0.717) is 5.06 Å². The van der Waals surface area contributed by atoms with Crippen LogP contribution in [-0.2, 0) is 24.0 Å². The number of nitrogens with one attached hydrogen (secondary N) is 1. The van der Waals surface area contributed by atoms with Gasteiger partial charge in [-0.1, -0.05) is 49.0 Å². The number of rotatable bonds is 2. The zero-order valence-corrected chi connectivity index (χ0v) is 17.6. The first-order valence-electron chi connectivity index (χ1n) is 8.81. The number of hydrogen-bond donors (Lipinski definition) is 1. The van der Waals surface area contributed by atoms with Gasteiger partial charge >= 0.3 is 5.97 Å². The summed E-state index contributed by atoms with van der Waals surface area (Å²) in [4.78, 5) is 49.6. The Kier molecular flexibility index (Phi) is 9.96. The second kappa shape index (κ2) is 9.85. The van der Waals surface area contributed by atoms with Gasteiger partial charge in [-0.15, -0.1) is 5.06 Å². The molecule has 1 rings (SSSR count). The molecule has 0 aliphatic carbocycles. The smallest absolute Gasteiger partial charge is 0.338 e. The molecule has 0 bridgehead atoms. The number of hydroxylamine groups is 2. The molecule has 7 nitrogen and oxygen atoms in total. The van der Waals surface area contributed by atoms with E-state index in [1.54, 1.807) is 20.8 Å². The van der Waals surface area contributed by atoms with Crippen LogP contribution in [0.2, 0.25) is 0 Å². The van der Waals surface area contributed by atoms with Crippen molar-refractivity contribution in [1.29, 1.82) is 0 Å². The van der Waals surface area contributed by atoms with Crippen molar-refractivity contribution in [3.63, 3.8) is 0 Å². The maximum Gasteiger partial charge on any atom is 0.338 e. The summed E-state index contributed by atoms with van der Waals surface area (Å²) < 4.78 is 0.